The minimum absolute atomic E-state index is 0.332. The Morgan fingerprint density at radius 2 is 1.78 bits per heavy atom. The number of hydrogen-bond acceptors (Lipinski definition) is 3. The molecule has 0 spiro atoms. The average Bonchev–Trinajstić information content (AvgIpc) is 2.40. The van der Waals surface area contributed by atoms with Crippen molar-refractivity contribution < 1.29 is 9.90 Å². The van der Waals surface area contributed by atoms with Crippen LogP contribution in [0.1, 0.15) is 39.0 Å². The first-order valence-electron chi connectivity index (χ1n) is 7.36. The van der Waals surface area contributed by atoms with Gasteiger partial charge in [-0.2, -0.15) is 0 Å². The number of rotatable bonds is 4. The number of carboxylic acids is 1. The molecule has 1 saturated heterocycles. The number of nitrogens with zero attached hydrogens (tertiary/aromatic N) is 2. The highest BCUT2D eigenvalue weighted by Gasteiger charge is 2.26. The van der Waals surface area contributed by atoms with Gasteiger partial charge in [0.15, 0.2) is 0 Å². The van der Waals surface area contributed by atoms with E-state index in [2.05, 4.69) is 9.80 Å². The van der Waals surface area contributed by atoms with Crippen molar-refractivity contribution in [1.82, 2.24) is 9.80 Å². The molecule has 2 rings (SSSR count). The Morgan fingerprint density at radius 3 is 2.33 bits per heavy atom. The highest BCUT2D eigenvalue weighted by Crippen LogP contribution is 2.24. The highest BCUT2D eigenvalue weighted by atomic mass is 16.4. The Bertz CT molecular complexity index is 269. The second-order valence-electron chi connectivity index (χ2n) is 5.85. The lowest BCUT2D eigenvalue weighted by molar-refractivity contribution is -0.143. The predicted octanol–water partition coefficient (Wildman–Crippen LogP) is 1.66. The molecule has 2 aliphatic rings. The molecule has 1 N–H and O–H groups in total. The van der Waals surface area contributed by atoms with Gasteiger partial charge in [-0.15, -0.1) is 0 Å². The first-order valence-corrected chi connectivity index (χ1v) is 7.36. The third-order valence-electron chi connectivity index (χ3n) is 4.55. The van der Waals surface area contributed by atoms with Crippen molar-refractivity contribution in [3.8, 4) is 0 Å². The quantitative estimate of drug-likeness (QED) is 0.828. The van der Waals surface area contributed by atoms with Crippen LogP contribution in [0.3, 0.4) is 0 Å². The molecule has 0 radical (unpaired) electrons. The van der Waals surface area contributed by atoms with Gasteiger partial charge in [0.1, 0.15) is 6.04 Å². The maximum Gasteiger partial charge on any atom is 0.320 e. The molecule has 0 bridgehead atoms. The molecule has 18 heavy (non-hydrogen) atoms. The summed E-state index contributed by atoms with van der Waals surface area (Å²) in [4.78, 5) is 15.6. The van der Waals surface area contributed by atoms with Crippen molar-refractivity contribution in [2.24, 2.45) is 5.92 Å². The fourth-order valence-corrected chi connectivity index (χ4v) is 3.22. The Hall–Kier alpha value is -0.610. The minimum atomic E-state index is -0.698. The topological polar surface area (TPSA) is 43.8 Å². The SMILES string of the molecule is CC(C(=O)O)N1CCN(CC2CCCCC2)CC1. The Kier molecular flexibility index (Phi) is 5.01. The van der Waals surface area contributed by atoms with E-state index in [4.69, 9.17) is 5.11 Å². The summed E-state index contributed by atoms with van der Waals surface area (Å²) in [6.45, 7) is 6.90. The summed E-state index contributed by atoms with van der Waals surface area (Å²) in [7, 11) is 0. The van der Waals surface area contributed by atoms with Crippen molar-refractivity contribution in [3.63, 3.8) is 0 Å². The molecule has 1 unspecified atom stereocenters. The molecule has 2 fully saturated rings. The maximum absolute atomic E-state index is 10.9. The van der Waals surface area contributed by atoms with Gasteiger partial charge in [0.25, 0.3) is 0 Å². The molecule has 4 heteroatoms. The molecule has 0 aromatic heterocycles. The van der Waals surface area contributed by atoms with Gasteiger partial charge in [0, 0.05) is 32.7 Å². The lowest BCUT2D eigenvalue weighted by Gasteiger charge is -2.38. The summed E-state index contributed by atoms with van der Waals surface area (Å²) in [6.07, 6.45) is 7.01. The summed E-state index contributed by atoms with van der Waals surface area (Å²) in [5, 5.41) is 9.01. The Labute approximate surface area is 110 Å². The molecule has 0 aromatic rings. The van der Waals surface area contributed by atoms with Crippen molar-refractivity contribution in [2.75, 3.05) is 32.7 Å². The van der Waals surface area contributed by atoms with Gasteiger partial charge < -0.3 is 10.0 Å². The third kappa shape index (κ3) is 3.69. The van der Waals surface area contributed by atoms with Gasteiger partial charge >= 0.3 is 5.97 Å². The smallest absolute Gasteiger partial charge is 0.320 e. The molecule has 1 heterocycles. The summed E-state index contributed by atoms with van der Waals surface area (Å²) >= 11 is 0. The fraction of sp³-hybridized carbons (Fsp3) is 0.929. The number of hydrogen-bond donors (Lipinski definition) is 1. The van der Waals surface area contributed by atoms with Gasteiger partial charge in [-0.1, -0.05) is 19.3 Å². The summed E-state index contributed by atoms with van der Waals surface area (Å²) in [6, 6.07) is -0.332. The van der Waals surface area contributed by atoms with Gasteiger partial charge in [0.2, 0.25) is 0 Å². The number of piperazine rings is 1. The van der Waals surface area contributed by atoms with E-state index in [0.29, 0.717) is 0 Å². The van der Waals surface area contributed by atoms with Crippen LogP contribution in [0, 0.1) is 5.92 Å². The zero-order valence-electron chi connectivity index (χ0n) is 11.5. The van der Waals surface area contributed by atoms with Crippen molar-refractivity contribution in [1.29, 1.82) is 0 Å². The maximum atomic E-state index is 10.9. The van der Waals surface area contributed by atoms with E-state index in [1.165, 1.54) is 38.6 Å². The Balaban J connectivity index is 1.71. The van der Waals surface area contributed by atoms with E-state index >= 15 is 0 Å². The zero-order chi connectivity index (χ0) is 13.0. The highest BCUT2D eigenvalue weighted by molar-refractivity contribution is 5.72. The summed E-state index contributed by atoms with van der Waals surface area (Å²) in [5.74, 6) is 0.193. The van der Waals surface area contributed by atoms with E-state index in [1.54, 1.807) is 6.92 Å². The van der Waals surface area contributed by atoms with E-state index in [0.717, 1.165) is 32.1 Å². The lowest BCUT2D eigenvalue weighted by Crippen LogP contribution is -2.52. The lowest BCUT2D eigenvalue weighted by atomic mass is 9.89. The monoisotopic (exact) mass is 254 g/mol. The molecule has 0 aromatic carbocycles. The first kappa shape index (κ1) is 13.8. The van der Waals surface area contributed by atoms with Crippen molar-refractivity contribution in [3.05, 3.63) is 0 Å². The van der Waals surface area contributed by atoms with Gasteiger partial charge in [-0.25, -0.2) is 0 Å². The van der Waals surface area contributed by atoms with Crippen LogP contribution < -0.4 is 0 Å². The van der Waals surface area contributed by atoms with Crippen molar-refractivity contribution in [2.45, 2.75) is 45.1 Å². The van der Waals surface area contributed by atoms with Crippen LogP contribution in [0.2, 0.25) is 0 Å². The molecular formula is C14H26N2O2. The molecule has 1 aliphatic carbocycles. The van der Waals surface area contributed by atoms with Crippen LogP contribution in [0.15, 0.2) is 0 Å². The van der Waals surface area contributed by atoms with Gasteiger partial charge in [0.05, 0.1) is 0 Å². The predicted molar refractivity (Wildman–Crippen MR) is 71.7 cm³/mol. The second-order valence-corrected chi connectivity index (χ2v) is 5.85. The normalized spacial score (nSPS) is 26.1. The van der Waals surface area contributed by atoms with E-state index < -0.39 is 5.97 Å². The molecule has 0 amide bonds. The zero-order valence-corrected chi connectivity index (χ0v) is 11.5. The molecule has 4 nitrogen and oxygen atoms in total. The second kappa shape index (κ2) is 6.53. The summed E-state index contributed by atoms with van der Waals surface area (Å²) < 4.78 is 0. The summed E-state index contributed by atoms with van der Waals surface area (Å²) in [5.41, 5.74) is 0. The number of carbonyl (C=O) groups is 1. The van der Waals surface area contributed by atoms with Crippen LogP contribution in [-0.4, -0.2) is 59.6 Å². The van der Waals surface area contributed by atoms with Crippen LogP contribution in [0.4, 0.5) is 0 Å². The first-order chi connectivity index (χ1) is 8.66. The van der Waals surface area contributed by atoms with Crippen LogP contribution in [0.25, 0.3) is 0 Å². The largest absolute Gasteiger partial charge is 0.480 e. The number of carboxylic acid groups (broad SMARTS) is 1. The van der Waals surface area contributed by atoms with Gasteiger partial charge in [-0.3, -0.25) is 9.69 Å². The molecule has 1 atom stereocenters. The van der Waals surface area contributed by atoms with Crippen LogP contribution >= 0.6 is 0 Å². The number of aliphatic carboxylic acids is 1. The molecule has 1 aliphatic heterocycles. The fourth-order valence-electron chi connectivity index (χ4n) is 3.22. The molecular weight excluding hydrogens is 228 g/mol. The van der Waals surface area contributed by atoms with Gasteiger partial charge in [-0.05, 0) is 25.7 Å². The third-order valence-corrected chi connectivity index (χ3v) is 4.55. The van der Waals surface area contributed by atoms with E-state index in [9.17, 15) is 4.79 Å². The molecule has 1 saturated carbocycles. The minimum Gasteiger partial charge on any atom is -0.480 e. The Morgan fingerprint density at radius 1 is 1.17 bits per heavy atom. The average molecular weight is 254 g/mol. The van der Waals surface area contributed by atoms with Crippen LogP contribution in [-0.2, 0) is 4.79 Å². The van der Waals surface area contributed by atoms with Crippen molar-refractivity contribution >= 4 is 5.97 Å². The standard InChI is InChI=1S/C14H26N2O2/c1-12(14(17)18)16-9-7-15(8-10-16)11-13-5-3-2-4-6-13/h12-13H,2-11H2,1H3,(H,17,18). The van der Waals surface area contributed by atoms with E-state index in [-0.39, 0.29) is 6.04 Å². The van der Waals surface area contributed by atoms with E-state index in [1.807, 2.05) is 0 Å². The van der Waals surface area contributed by atoms with Crippen LogP contribution in [0.5, 0.6) is 0 Å². The molecule has 104 valence electrons.